The Balaban J connectivity index is 1.45. The molecule has 2 saturated heterocycles. The molecule has 0 radical (unpaired) electrons. The largest absolute Gasteiger partial charge is 0.330 e. The predicted molar refractivity (Wildman–Crippen MR) is 119 cm³/mol. The van der Waals surface area contributed by atoms with E-state index in [2.05, 4.69) is 15.5 Å². The molecule has 2 heterocycles. The van der Waals surface area contributed by atoms with Gasteiger partial charge in [0.2, 0.25) is 10.0 Å². The molecule has 1 atom stereocenters. The number of rotatable bonds is 6. The van der Waals surface area contributed by atoms with Crippen molar-refractivity contribution < 1.29 is 13.2 Å². The van der Waals surface area contributed by atoms with Crippen molar-refractivity contribution in [3.8, 4) is 0 Å². The van der Waals surface area contributed by atoms with Crippen molar-refractivity contribution in [3.63, 3.8) is 0 Å². The highest BCUT2D eigenvalue weighted by Crippen LogP contribution is 2.26. The number of likely N-dealkylation sites (tertiary alicyclic amines) is 1. The Morgan fingerprint density at radius 1 is 0.967 bits per heavy atom. The number of carbonyl (C=O) groups excluding carboxylic acids is 1. The molecule has 2 aliphatic heterocycles. The molecular formula is C22H28N4O3S. The van der Waals surface area contributed by atoms with Crippen molar-refractivity contribution in [2.24, 2.45) is 0 Å². The summed E-state index contributed by atoms with van der Waals surface area (Å²) in [5.74, 6) is 0.167. The second kappa shape index (κ2) is 9.06. The van der Waals surface area contributed by atoms with Crippen LogP contribution in [0.2, 0.25) is 0 Å². The lowest BCUT2D eigenvalue weighted by atomic mass is 10.1. The molecule has 1 unspecified atom stereocenters. The Morgan fingerprint density at radius 2 is 1.73 bits per heavy atom. The lowest BCUT2D eigenvalue weighted by molar-refractivity contribution is 0.240. The number of benzene rings is 2. The Kier molecular flexibility index (Phi) is 6.24. The number of hydrogen-bond donors (Lipinski definition) is 2. The Morgan fingerprint density at radius 3 is 2.43 bits per heavy atom. The Bertz CT molecular complexity index is 975. The third-order valence-electron chi connectivity index (χ3n) is 5.64. The van der Waals surface area contributed by atoms with E-state index < -0.39 is 10.0 Å². The fourth-order valence-electron chi connectivity index (χ4n) is 4.14. The van der Waals surface area contributed by atoms with Crippen molar-refractivity contribution >= 4 is 27.4 Å². The molecule has 2 fully saturated rings. The third-order valence-corrected chi connectivity index (χ3v) is 7.51. The maximum absolute atomic E-state index is 12.8. The number of amides is 2. The maximum atomic E-state index is 12.8. The van der Waals surface area contributed by atoms with Gasteiger partial charge in [-0.3, -0.25) is 4.31 Å². The normalized spacial score (nSPS) is 19.5. The molecule has 2 aromatic carbocycles. The quantitative estimate of drug-likeness (QED) is 0.740. The minimum atomic E-state index is -3.25. The Hall–Kier alpha value is -2.58. The van der Waals surface area contributed by atoms with Crippen LogP contribution in [0, 0.1) is 0 Å². The lowest BCUT2D eigenvalue weighted by Crippen LogP contribution is -2.39. The van der Waals surface area contributed by atoms with Crippen molar-refractivity contribution in [1.82, 2.24) is 10.2 Å². The van der Waals surface area contributed by atoms with Gasteiger partial charge in [0.05, 0.1) is 17.5 Å². The standard InChI is InChI=1S/C22H28N4O3S/c27-22(23-19-10-6-11-20(16-19)26-14-7-15-30(26,28)29)24-21(17-25-12-4-5-13-25)18-8-2-1-3-9-18/h1-3,6,8-11,16,21H,4-5,7,12-15,17H2,(H2,23,24,27). The molecule has 2 amide bonds. The highest BCUT2D eigenvalue weighted by Gasteiger charge is 2.28. The van der Waals surface area contributed by atoms with E-state index in [1.165, 1.54) is 17.1 Å². The smallest absolute Gasteiger partial charge is 0.319 e. The molecule has 2 N–H and O–H groups in total. The van der Waals surface area contributed by atoms with Crippen LogP contribution >= 0.6 is 0 Å². The molecule has 0 aliphatic carbocycles. The molecule has 0 bridgehead atoms. The molecule has 7 nitrogen and oxygen atoms in total. The summed E-state index contributed by atoms with van der Waals surface area (Å²) in [7, 11) is -3.25. The van der Waals surface area contributed by atoms with Gasteiger partial charge in [0, 0.05) is 18.8 Å². The van der Waals surface area contributed by atoms with Gasteiger partial charge in [0.15, 0.2) is 0 Å². The summed E-state index contributed by atoms with van der Waals surface area (Å²) in [6.45, 7) is 3.35. The van der Waals surface area contributed by atoms with Crippen molar-refractivity contribution in [2.75, 3.05) is 41.6 Å². The topological polar surface area (TPSA) is 81.8 Å². The molecular weight excluding hydrogens is 400 g/mol. The van der Waals surface area contributed by atoms with Crippen LogP contribution in [-0.2, 0) is 10.0 Å². The summed E-state index contributed by atoms with van der Waals surface area (Å²) in [5, 5.41) is 5.96. The molecule has 0 aromatic heterocycles. The highest BCUT2D eigenvalue weighted by atomic mass is 32.2. The van der Waals surface area contributed by atoms with Crippen LogP contribution in [0.15, 0.2) is 54.6 Å². The second-order valence-corrected chi connectivity index (χ2v) is 9.87. The van der Waals surface area contributed by atoms with Gasteiger partial charge in [-0.1, -0.05) is 36.4 Å². The Labute approximate surface area is 178 Å². The van der Waals surface area contributed by atoms with Gasteiger partial charge in [-0.05, 0) is 56.1 Å². The van der Waals surface area contributed by atoms with E-state index in [1.54, 1.807) is 24.3 Å². The first kappa shape index (κ1) is 20.7. The van der Waals surface area contributed by atoms with Gasteiger partial charge in [0.25, 0.3) is 0 Å². The fraction of sp³-hybridized carbons (Fsp3) is 0.409. The summed E-state index contributed by atoms with van der Waals surface area (Å²) in [6, 6.07) is 16.6. The minimum Gasteiger partial charge on any atom is -0.330 e. The van der Waals surface area contributed by atoms with Crippen LogP contribution in [0.5, 0.6) is 0 Å². The summed E-state index contributed by atoms with van der Waals surface area (Å²) in [4.78, 5) is 15.1. The first-order chi connectivity index (χ1) is 14.5. The number of urea groups is 1. The third kappa shape index (κ3) is 4.94. The maximum Gasteiger partial charge on any atom is 0.319 e. The van der Waals surface area contributed by atoms with Crippen LogP contribution in [0.4, 0.5) is 16.2 Å². The van der Waals surface area contributed by atoms with Crippen LogP contribution < -0.4 is 14.9 Å². The lowest BCUT2D eigenvalue weighted by Gasteiger charge is -2.25. The monoisotopic (exact) mass is 428 g/mol. The number of anilines is 2. The molecule has 2 aliphatic rings. The number of nitrogens with zero attached hydrogens (tertiary/aromatic N) is 2. The molecule has 0 spiro atoms. The number of sulfonamides is 1. The molecule has 4 rings (SSSR count). The second-order valence-electron chi connectivity index (χ2n) is 7.86. The van der Waals surface area contributed by atoms with Crippen LogP contribution in [0.1, 0.15) is 30.9 Å². The first-order valence-electron chi connectivity index (χ1n) is 10.5. The first-order valence-corrected chi connectivity index (χ1v) is 12.1. The van der Waals surface area contributed by atoms with Crippen LogP contribution in [-0.4, -0.2) is 51.3 Å². The van der Waals surface area contributed by atoms with E-state index in [4.69, 9.17) is 0 Å². The van der Waals surface area contributed by atoms with Crippen LogP contribution in [0.25, 0.3) is 0 Å². The zero-order chi connectivity index (χ0) is 21.0. The number of carbonyl (C=O) groups is 1. The van der Waals surface area contributed by atoms with Crippen molar-refractivity contribution in [3.05, 3.63) is 60.2 Å². The van der Waals surface area contributed by atoms with Gasteiger partial charge in [-0.2, -0.15) is 0 Å². The van der Waals surface area contributed by atoms with Gasteiger partial charge in [0.1, 0.15) is 0 Å². The van der Waals surface area contributed by atoms with Crippen molar-refractivity contribution in [1.29, 1.82) is 0 Å². The molecule has 2 aromatic rings. The average Bonchev–Trinajstić information content (AvgIpc) is 3.37. The van der Waals surface area contributed by atoms with E-state index in [9.17, 15) is 13.2 Å². The summed E-state index contributed by atoms with van der Waals surface area (Å²) < 4.78 is 25.8. The predicted octanol–water partition coefficient (Wildman–Crippen LogP) is 3.19. The number of nitrogens with one attached hydrogen (secondary N) is 2. The number of hydrogen-bond acceptors (Lipinski definition) is 4. The zero-order valence-corrected chi connectivity index (χ0v) is 17.8. The SMILES string of the molecule is O=C(Nc1cccc(N2CCCS2(=O)=O)c1)NC(CN1CCCC1)c1ccccc1. The van der Waals surface area contributed by atoms with Crippen LogP contribution in [0.3, 0.4) is 0 Å². The molecule has 160 valence electrons. The molecule has 30 heavy (non-hydrogen) atoms. The van der Waals surface area contributed by atoms with E-state index in [0.29, 0.717) is 24.3 Å². The summed E-state index contributed by atoms with van der Waals surface area (Å²) in [6.07, 6.45) is 3.01. The summed E-state index contributed by atoms with van der Waals surface area (Å²) >= 11 is 0. The van der Waals surface area contributed by atoms with E-state index in [1.807, 2.05) is 30.3 Å². The molecule has 8 heteroatoms. The zero-order valence-electron chi connectivity index (χ0n) is 17.0. The van der Waals surface area contributed by atoms with Gasteiger partial charge in [-0.15, -0.1) is 0 Å². The highest BCUT2D eigenvalue weighted by molar-refractivity contribution is 7.93. The van der Waals surface area contributed by atoms with E-state index >= 15 is 0 Å². The van der Waals surface area contributed by atoms with Gasteiger partial charge < -0.3 is 15.5 Å². The minimum absolute atomic E-state index is 0.119. The van der Waals surface area contributed by atoms with E-state index in [-0.39, 0.29) is 17.8 Å². The van der Waals surface area contributed by atoms with E-state index in [0.717, 1.165) is 25.2 Å². The molecule has 0 saturated carbocycles. The van der Waals surface area contributed by atoms with Gasteiger partial charge >= 0.3 is 6.03 Å². The van der Waals surface area contributed by atoms with Gasteiger partial charge in [-0.25, -0.2) is 13.2 Å². The fourth-order valence-corrected chi connectivity index (χ4v) is 5.69. The average molecular weight is 429 g/mol. The van der Waals surface area contributed by atoms with Crippen molar-refractivity contribution in [2.45, 2.75) is 25.3 Å². The summed E-state index contributed by atoms with van der Waals surface area (Å²) in [5.41, 5.74) is 2.22.